The number of nitrogens with one attached hydrogen (secondary N) is 1. The molecule has 2 N–H and O–H groups in total. The van der Waals surface area contributed by atoms with E-state index in [2.05, 4.69) is 9.97 Å². The van der Waals surface area contributed by atoms with Gasteiger partial charge in [0, 0.05) is 16.8 Å². The van der Waals surface area contributed by atoms with Crippen LogP contribution in [0.4, 0.5) is 0 Å². The first kappa shape index (κ1) is 14.1. The summed E-state index contributed by atoms with van der Waals surface area (Å²) in [7, 11) is 0. The van der Waals surface area contributed by atoms with Crippen LogP contribution in [0.1, 0.15) is 5.56 Å². The average Bonchev–Trinajstić information content (AvgIpc) is 2.37. The summed E-state index contributed by atoms with van der Waals surface area (Å²) in [4.78, 5) is 8.26. The van der Waals surface area contributed by atoms with Gasteiger partial charge in [-0.25, -0.2) is 4.98 Å². The Kier molecular flexibility index (Phi) is 4.29. The molecule has 0 fully saturated rings. The monoisotopic (exact) mass is 313 g/mol. The Morgan fingerprint density at radius 3 is 2.63 bits per heavy atom. The minimum Gasteiger partial charge on any atom is -0.493 e. The summed E-state index contributed by atoms with van der Waals surface area (Å²) in [6.45, 7) is 0. The minimum absolute atomic E-state index is 0.240. The van der Waals surface area contributed by atoms with E-state index in [1.54, 1.807) is 18.2 Å². The highest BCUT2D eigenvalue weighted by Gasteiger charge is 2.14. The van der Waals surface area contributed by atoms with Crippen LogP contribution in [-0.2, 0) is 0 Å². The van der Waals surface area contributed by atoms with E-state index >= 15 is 0 Å². The predicted molar refractivity (Wildman–Crippen MR) is 78.8 cm³/mol. The number of thioether (sulfide) groups is 1. The molecule has 0 unspecified atom stereocenters. The Hall–Kier alpha value is -1.30. The number of hydrogen-bond donors (Lipinski definition) is 2. The van der Waals surface area contributed by atoms with Crippen LogP contribution in [0.5, 0.6) is 5.88 Å². The third kappa shape index (κ3) is 2.83. The first-order valence-corrected chi connectivity index (χ1v) is 7.15. The molecule has 98 valence electrons. The fourth-order valence-corrected chi connectivity index (χ4v) is 2.55. The van der Waals surface area contributed by atoms with Crippen molar-refractivity contribution in [1.29, 1.82) is 5.41 Å². The van der Waals surface area contributed by atoms with Gasteiger partial charge in [0.1, 0.15) is 5.03 Å². The first-order chi connectivity index (χ1) is 9.06. The van der Waals surface area contributed by atoms with Gasteiger partial charge >= 0.3 is 0 Å². The quantitative estimate of drug-likeness (QED) is 0.512. The van der Waals surface area contributed by atoms with Gasteiger partial charge in [-0.05, 0) is 24.5 Å². The van der Waals surface area contributed by atoms with Gasteiger partial charge in [-0.15, -0.1) is 11.8 Å². The van der Waals surface area contributed by atoms with Gasteiger partial charge in [-0.3, -0.25) is 0 Å². The van der Waals surface area contributed by atoms with Crippen LogP contribution < -0.4 is 0 Å². The zero-order valence-corrected chi connectivity index (χ0v) is 12.1. The smallest absolute Gasteiger partial charge is 0.224 e. The Labute approximate surface area is 124 Å². The van der Waals surface area contributed by atoms with Gasteiger partial charge in [0.05, 0.1) is 10.6 Å². The van der Waals surface area contributed by atoms with Crippen molar-refractivity contribution in [3.63, 3.8) is 0 Å². The molecule has 1 heterocycles. The lowest BCUT2D eigenvalue weighted by atomic mass is 10.2. The molecular formula is C12H9Cl2N3OS. The lowest BCUT2D eigenvalue weighted by Crippen LogP contribution is -1.98. The van der Waals surface area contributed by atoms with Crippen LogP contribution in [0.2, 0.25) is 10.0 Å². The van der Waals surface area contributed by atoms with Crippen molar-refractivity contribution in [2.45, 2.75) is 5.03 Å². The molecule has 0 aliphatic heterocycles. The summed E-state index contributed by atoms with van der Waals surface area (Å²) < 4.78 is 0. The lowest BCUT2D eigenvalue weighted by Gasteiger charge is -2.08. The van der Waals surface area contributed by atoms with Gasteiger partial charge in [0.2, 0.25) is 5.88 Å². The van der Waals surface area contributed by atoms with E-state index in [1.165, 1.54) is 11.8 Å². The van der Waals surface area contributed by atoms with Crippen molar-refractivity contribution in [1.82, 2.24) is 9.97 Å². The SMILES string of the molecule is CSc1nc(-c2ccc(Cl)cc2Cl)nc(O)c1C=N. The summed E-state index contributed by atoms with van der Waals surface area (Å²) in [5.41, 5.74) is 0.870. The summed E-state index contributed by atoms with van der Waals surface area (Å²) in [5.74, 6) is 0.0597. The number of aromatic nitrogens is 2. The van der Waals surface area contributed by atoms with Crippen LogP contribution >= 0.6 is 35.0 Å². The number of nitrogens with zero attached hydrogens (tertiary/aromatic N) is 2. The number of halogens is 2. The molecule has 2 aromatic rings. The highest BCUT2D eigenvalue weighted by molar-refractivity contribution is 7.98. The fraction of sp³-hybridized carbons (Fsp3) is 0.0833. The second-order valence-electron chi connectivity index (χ2n) is 3.56. The molecule has 2 rings (SSSR count). The largest absolute Gasteiger partial charge is 0.493 e. The molecular weight excluding hydrogens is 305 g/mol. The summed E-state index contributed by atoms with van der Waals surface area (Å²) in [5, 5.41) is 18.5. The topological polar surface area (TPSA) is 69.9 Å². The van der Waals surface area contributed by atoms with E-state index < -0.39 is 0 Å². The number of benzene rings is 1. The van der Waals surface area contributed by atoms with Crippen LogP contribution in [0.3, 0.4) is 0 Å². The molecule has 0 aliphatic rings. The highest BCUT2D eigenvalue weighted by Crippen LogP contribution is 2.32. The van der Waals surface area contributed by atoms with Crippen molar-refractivity contribution in [2.75, 3.05) is 6.26 Å². The van der Waals surface area contributed by atoms with E-state index in [0.717, 1.165) is 6.21 Å². The molecule has 0 atom stereocenters. The standard InChI is InChI=1S/C12H9Cl2N3OS/c1-19-12-8(5-15)11(18)16-10(17-12)7-3-2-6(13)4-9(7)14/h2-5,15H,1H3,(H,16,17,18). The third-order valence-corrected chi connectivity index (χ3v) is 3.65. The molecule has 19 heavy (non-hydrogen) atoms. The Morgan fingerprint density at radius 2 is 2.05 bits per heavy atom. The molecule has 0 aliphatic carbocycles. The molecule has 1 aromatic heterocycles. The zero-order chi connectivity index (χ0) is 14.0. The first-order valence-electron chi connectivity index (χ1n) is 5.17. The van der Waals surface area contributed by atoms with Crippen molar-refractivity contribution >= 4 is 41.2 Å². The van der Waals surface area contributed by atoms with Gasteiger partial charge in [-0.1, -0.05) is 23.2 Å². The summed E-state index contributed by atoms with van der Waals surface area (Å²) >= 11 is 13.2. The molecule has 0 amide bonds. The van der Waals surface area contributed by atoms with Gasteiger partial charge in [0.15, 0.2) is 5.82 Å². The number of rotatable bonds is 3. The molecule has 0 saturated carbocycles. The Morgan fingerprint density at radius 1 is 1.32 bits per heavy atom. The second kappa shape index (κ2) is 5.77. The Balaban J connectivity index is 2.63. The minimum atomic E-state index is -0.240. The van der Waals surface area contributed by atoms with Gasteiger partial charge < -0.3 is 10.5 Å². The molecule has 1 aromatic carbocycles. The summed E-state index contributed by atoms with van der Waals surface area (Å²) in [6.07, 6.45) is 2.83. The normalized spacial score (nSPS) is 10.5. The van der Waals surface area contributed by atoms with E-state index in [0.29, 0.717) is 32.0 Å². The zero-order valence-electron chi connectivity index (χ0n) is 9.82. The lowest BCUT2D eigenvalue weighted by molar-refractivity contribution is 0.449. The maximum Gasteiger partial charge on any atom is 0.224 e. The maximum absolute atomic E-state index is 9.83. The molecule has 7 heteroatoms. The van der Waals surface area contributed by atoms with Gasteiger partial charge in [-0.2, -0.15) is 4.98 Å². The van der Waals surface area contributed by atoms with E-state index in [9.17, 15) is 5.11 Å². The van der Waals surface area contributed by atoms with Crippen molar-refractivity contribution in [3.05, 3.63) is 33.8 Å². The van der Waals surface area contributed by atoms with Crippen LogP contribution in [0.15, 0.2) is 23.2 Å². The molecule has 0 bridgehead atoms. The van der Waals surface area contributed by atoms with Crippen LogP contribution in [0.25, 0.3) is 11.4 Å². The Bertz CT molecular complexity index is 649. The van der Waals surface area contributed by atoms with Crippen molar-refractivity contribution in [2.24, 2.45) is 0 Å². The van der Waals surface area contributed by atoms with Crippen LogP contribution in [0, 0.1) is 5.41 Å². The highest BCUT2D eigenvalue weighted by atomic mass is 35.5. The van der Waals surface area contributed by atoms with Gasteiger partial charge in [0.25, 0.3) is 0 Å². The predicted octanol–water partition coefficient (Wildman–Crippen LogP) is 3.88. The molecule has 0 spiro atoms. The molecule has 0 radical (unpaired) electrons. The van der Waals surface area contributed by atoms with E-state index in [1.807, 2.05) is 6.26 Å². The second-order valence-corrected chi connectivity index (χ2v) is 5.20. The number of aromatic hydroxyl groups is 1. The molecule has 0 saturated heterocycles. The van der Waals surface area contributed by atoms with Crippen LogP contribution in [-0.4, -0.2) is 27.5 Å². The third-order valence-electron chi connectivity index (χ3n) is 2.40. The molecule has 4 nitrogen and oxygen atoms in total. The summed E-state index contributed by atoms with van der Waals surface area (Å²) in [6, 6.07) is 4.95. The average molecular weight is 314 g/mol. The van der Waals surface area contributed by atoms with E-state index in [-0.39, 0.29) is 5.88 Å². The fourth-order valence-electron chi connectivity index (χ4n) is 1.51. The van der Waals surface area contributed by atoms with Crippen molar-refractivity contribution < 1.29 is 5.11 Å². The maximum atomic E-state index is 9.83. The number of hydrogen-bond acceptors (Lipinski definition) is 5. The van der Waals surface area contributed by atoms with E-state index in [4.69, 9.17) is 28.6 Å². The van der Waals surface area contributed by atoms with Crippen molar-refractivity contribution in [3.8, 4) is 17.3 Å².